The van der Waals surface area contributed by atoms with E-state index in [9.17, 15) is 18.0 Å². The quantitative estimate of drug-likeness (QED) is 0.645. The highest BCUT2D eigenvalue weighted by Crippen LogP contribution is 2.36. The molecule has 0 aromatic heterocycles. The van der Waals surface area contributed by atoms with Crippen molar-refractivity contribution in [3.8, 4) is 0 Å². The Morgan fingerprint density at radius 3 is 2.39 bits per heavy atom. The summed E-state index contributed by atoms with van der Waals surface area (Å²) in [4.78, 5) is 24.7. The Bertz CT molecular complexity index is 1110. The SMILES string of the molecule is CCC(=O)Nc1ccc(S(=O)(=O)N2CCc3ccccc3[C@@H]2CC(=O)NC2CCCC2)cc1. The van der Waals surface area contributed by atoms with Crippen LogP contribution in [-0.2, 0) is 26.0 Å². The number of carbonyl (C=O) groups excluding carboxylic acids is 2. The standard InChI is InChI=1S/C25H31N3O4S/c1-2-24(29)26-20-11-13-21(14-12-20)33(31,32)28-16-15-18-7-3-6-10-22(18)23(28)17-25(30)27-19-8-4-5-9-19/h3,6-7,10-14,19,23H,2,4-5,8-9,15-17H2,1H3,(H,26,29)(H,27,30)/t23-/m0/s1. The first kappa shape index (κ1) is 23.4. The second-order valence-corrected chi connectivity index (χ2v) is 10.7. The molecular formula is C25H31N3O4S. The highest BCUT2D eigenvalue weighted by molar-refractivity contribution is 7.89. The van der Waals surface area contributed by atoms with E-state index in [0.29, 0.717) is 25.1 Å². The van der Waals surface area contributed by atoms with Crippen LogP contribution in [0.2, 0.25) is 0 Å². The number of nitrogens with one attached hydrogen (secondary N) is 2. The average molecular weight is 470 g/mol. The number of sulfonamides is 1. The smallest absolute Gasteiger partial charge is 0.243 e. The van der Waals surface area contributed by atoms with Gasteiger partial charge in [0.15, 0.2) is 0 Å². The molecule has 1 aliphatic heterocycles. The maximum Gasteiger partial charge on any atom is 0.243 e. The van der Waals surface area contributed by atoms with Crippen molar-refractivity contribution in [1.29, 1.82) is 0 Å². The third-order valence-corrected chi connectivity index (χ3v) is 8.45. The molecule has 7 nitrogen and oxygen atoms in total. The van der Waals surface area contributed by atoms with Gasteiger partial charge in [-0.2, -0.15) is 4.31 Å². The number of rotatable bonds is 7. The number of carbonyl (C=O) groups is 2. The Kier molecular flexibility index (Phi) is 7.14. The van der Waals surface area contributed by atoms with Crippen molar-refractivity contribution in [3.05, 3.63) is 59.7 Å². The van der Waals surface area contributed by atoms with E-state index in [0.717, 1.165) is 36.8 Å². The van der Waals surface area contributed by atoms with Crippen molar-refractivity contribution in [2.24, 2.45) is 0 Å². The lowest BCUT2D eigenvalue weighted by Crippen LogP contribution is -2.43. The first-order valence-corrected chi connectivity index (χ1v) is 13.1. The Morgan fingerprint density at radius 2 is 1.70 bits per heavy atom. The highest BCUT2D eigenvalue weighted by Gasteiger charge is 2.37. The predicted molar refractivity (Wildman–Crippen MR) is 127 cm³/mol. The van der Waals surface area contributed by atoms with E-state index in [1.54, 1.807) is 19.1 Å². The van der Waals surface area contributed by atoms with Crippen LogP contribution in [0.3, 0.4) is 0 Å². The van der Waals surface area contributed by atoms with Gasteiger partial charge in [-0.05, 0) is 54.7 Å². The molecule has 2 N–H and O–H groups in total. The topological polar surface area (TPSA) is 95.6 Å². The maximum atomic E-state index is 13.6. The van der Waals surface area contributed by atoms with Crippen molar-refractivity contribution in [3.63, 3.8) is 0 Å². The molecule has 0 bridgehead atoms. The van der Waals surface area contributed by atoms with Crippen LogP contribution in [0.15, 0.2) is 53.4 Å². The largest absolute Gasteiger partial charge is 0.353 e. The number of hydrogen-bond acceptors (Lipinski definition) is 4. The van der Waals surface area contributed by atoms with E-state index in [2.05, 4.69) is 10.6 Å². The number of hydrogen-bond donors (Lipinski definition) is 2. The molecule has 2 amide bonds. The molecule has 2 aromatic carbocycles. The van der Waals surface area contributed by atoms with Crippen LogP contribution in [0.5, 0.6) is 0 Å². The van der Waals surface area contributed by atoms with Gasteiger partial charge in [0.1, 0.15) is 0 Å². The molecule has 1 saturated carbocycles. The third kappa shape index (κ3) is 5.28. The number of fused-ring (bicyclic) bond motifs is 1. The van der Waals surface area contributed by atoms with Gasteiger partial charge in [0, 0.05) is 31.1 Å². The van der Waals surface area contributed by atoms with Crippen molar-refractivity contribution in [1.82, 2.24) is 9.62 Å². The molecule has 1 atom stereocenters. The molecule has 1 heterocycles. The molecule has 0 saturated heterocycles. The zero-order valence-electron chi connectivity index (χ0n) is 18.9. The molecule has 2 aromatic rings. The molecular weight excluding hydrogens is 438 g/mol. The Labute approximate surface area is 195 Å². The minimum absolute atomic E-state index is 0.0946. The summed E-state index contributed by atoms with van der Waals surface area (Å²) in [6, 6.07) is 13.6. The highest BCUT2D eigenvalue weighted by atomic mass is 32.2. The van der Waals surface area contributed by atoms with Gasteiger partial charge < -0.3 is 10.6 Å². The predicted octanol–water partition coefficient (Wildman–Crippen LogP) is 3.77. The number of nitrogens with zero attached hydrogens (tertiary/aromatic N) is 1. The molecule has 33 heavy (non-hydrogen) atoms. The lowest BCUT2D eigenvalue weighted by Gasteiger charge is -2.36. The zero-order valence-corrected chi connectivity index (χ0v) is 19.7. The van der Waals surface area contributed by atoms with Crippen LogP contribution in [0.25, 0.3) is 0 Å². The average Bonchev–Trinajstić information content (AvgIpc) is 3.32. The molecule has 0 unspecified atom stereocenters. The molecule has 2 aliphatic rings. The van der Waals surface area contributed by atoms with Crippen LogP contribution in [0, 0.1) is 0 Å². The summed E-state index contributed by atoms with van der Waals surface area (Å²) < 4.78 is 28.7. The summed E-state index contributed by atoms with van der Waals surface area (Å²) in [5, 5.41) is 5.83. The molecule has 1 aliphatic carbocycles. The van der Waals surface area contributed by atoms with Crippen LogP contribution in [0.1, 0.15) is 62.6 Å². The minimum Gasteiger partial charge on any atom is -0.353 e. The molecule has 176 valence electrons. The first-order chi connectivity index (χ1) is 15.9. The summed E-state index contributed by atoms with van der Waals surface area (Å²) in [7, 11) is -3.84. The fraction of sp³-hybridized carbons (Fsp3) is 0.440. The Balaban J connectivity index is 1.59. The lowest BCUT2D eigenvalue weighted by molar-refractivity contribution is -0.122. The monoisotopic (exact) mass is 469 g/mol. The molecule has 0 radical (unpaired) electrons. The van der Waals surface area contributed by atoms with E-state index >= 15 is 0 Å². The summed E-state index contributed by atoms with van der Waals surface area (Å²) in [5.41, 5.74) is 2.53. The zero-order chi connectivity index (χ0) is 23.4. The van der Waals surface area contributed by atoms with Gasteiger partial charge in [0.2, 0.25) is 21.8 Å². The molecule has 0 spiro atoms. The first-order valence-electron chi connectivity index (χ1n) is 11.7. The summed E-state index contributed by atoms with van der Waals surface area (Å²) in [5.74, 6) is -0.243. The lowest BCUT2D eigenvalue weighted by atomic mass is 9.92. The van der Waals surface area contributed by atoms with Crippen LogP contribution >= 0.6 is 0 Å². The van der Waals surface area contributed by atoms with Crippen molar-refractivity contribution in [2.45, 2.75) is 68.8 Å². The summed E-state index contributed by atoms with van der Waals surface area (Å²) >= 11 is 0. The van der Waals surface area contributed by atoms with Gasteiger partial charge in [0.05, 0.1) is 10.9 Å². The Hall–Kier alpha value is -2.71. The van der Waals surface area contributed by atoms with Gasteiger partial charge in [-0.15, -0.1) is 0 Å². The number of anilines is 1. The van der Waals surface area contributed by atoms with Gasteiger partial charge in [-0.25, -0.2) is 8.42 Å². The van der Waals surface area contributed by atoms with Gasteiger partial charge in [-0.1, -0.05) is 44.0 Å². The normalized spacial score (nSPS) is 19.1. The third-order valence-electron chi connectivity index (χ3n) is 6.53. The fourth-order valence-corrected chi connectivity index (χ4v) is 6.36. The Morgan fingerprint density at radius 1 is 1.00 bits per heavy atom. The van der Waals surface area contributed by atoms with E-state index in [4.69, 9.17) is 0 Å². The van der Waals surface area contributed by atoms with E-state index < -0.39 is 16.1 Å². The second-order valence-electron chi connectivity index (χ2n) is 8.76. The molecule has 1 fully saturated rings. The summed E-state index contributed by atoms with van der Waals surface area (Å²) in [6.45, 7) is 2.07. The molecule has 8 heteroatoms. The van der Waals surface area contributed by atoms with Gasteiger partial charge in [0.25, 0.3) is 0 Å². The number of benzene rings is 2. The van der Waals surface area contributed by atoms with Crippen molar-refractivity contribution >= 4 is 27.5 Å². The second kappa shape index (κ2) is 10.1. The van der Waals surface area contributed by atoms with Crippen molar-refractivity contribution in [2.75, 3.05) is 11.9 Å². The minimum atomic E-state index is -3.84. The van der Waals surface area contributed by atoms with Gasteiger partial charge >= 0.3 is 0 Å². The van der Waals surface area contributed by atoms with Crippen LogP contribution < -0.4 is 10.6 Å². The summed E-state index contributed by atoms with van der Waals surface area (Å²) in [6.07, 6.45) is 5.24. The van der Waals surface area contributed by atoms with Crippen LogP contribution in [0.4, 0.5) is 5.69 Å². The van der Waals surface area contributed by atoms with Crippen LogP contribution in [-0.4, -0.2) is 37.1 Å². The van der Waals surface area contributed by atoms with Gasteiger partial charge in [-0.3, -0.25) is 9.59 Å². The van der Waals surface area contributed by atoms with E-state index in [1.807, 2.05) is 24.3 Å². The number of amides is 2. The van der Waals surface area contributed by atoms with E-state index in [1.165, 1.54) is 16.4 Å². The fourth-order valence-electron chi connectivity index (χ4n) is 4.76. The van der Waals surface area contributed by atoms with E-state index in [-0.39, 0.29) is 29.2 Å². The van der Waals surface area contributed by atoms with Crippen molar-refractivity contribution < 1.29 is 18.0 Å². The maximum absolute atomic E-state index is 13.6. The molecule has 4 rings (SSSR count).